The molecule has 10 nitrogen and oxygen atoms in total. The first-order valence-corrected chi connectivity index (χ1v) is 15.6. The molecule has 2 aromatic carbocycles. The summed E-state index contributed by atoms with van der Waals surface area (Å²) in [5.41, 5.74) is -0.880. The standard InChI is InChI=1S/C33H43N3O7S/c1-9-36(29(39)24(19-20-44-8)35-31(41)43-33(5,6)7)27(23-17-13-14-18-26(23)37)28(38)34-25(30(40)42-32(2,3)4)21-22-15-11-10-12-16-22/h1,10-18,24-25,27,37H,19-21H2,2-8H3,(H,34,38)(H,35,41). The number of rotatable bonds is 12. The van der Waals surface area contributed by atoms with Crippen molar-refractivity contribution in [1.29, 1.82) is 0 Å². The molecule has 0 fully saturated rings. The molecule has 0 bridgehead atoms. The Balaban J connectivity index is 2.53. The molecule has 44 heavy (non-hydrogen) atoms. The van der Waals surface area contributed by atoms with Crippen LogP contribution in [0.4, 0.5) is 4.79 Å². The van der Waals surface area contributed by atoms with Gasteiger partial charge in [0.05, 0.1) is 0 Å². The molecule has 2 aromatic rings. The van der Waals surface area contributed by atoms with Crippen LogP contribution in [0.2, 0.25) is 0 Å². The minimum absolute atomic E-state index is 0.0276. The van der Waals surface area contributed by atoms with Crippen LogP contribution in [0.25, 0.3) is 0 Å². The Bertz CT molecular complexity index is 1330. The molecule has 11 heteroatoms. The van der Waals surface area contributed by atoms with Gasteiger partial charge in [0, 0.05) is 18.0 Å². The Labute approximate surface area is 264 Å². The fraction of sp³-hybridized carbons (Fsp3) is 0.455. The number of nitrogens with zero attached hydrogens (tertiary/aromatic N) is 1. The van der Waals surface area contributed by atoms with E-state index in [2.05, 4.69) is 16.7 Å². The van der Waals surface area contributed by atoms with Crippen molar-refractivity contribution >= 4 is 35.6 Å². The average molecular weight is 626 g/mol. The van der Waals surface area contributed by atoms with Gasteiger partial charge in [0.2, 0.25) is 5.91 Å². The van der Waals surface area contributed by atoms with Gasteiger partial charge in [-0.1, -0.05) is 55.0 Å². The van der Waals surface area contributed by atoms with Gasteiger partial charge in [0.15, 0.2) is 6.04 Å². The topological polar surface area (TPSA) is 134 Å². The summed E-state index contributed by atoms with van der Waals surface area (Å²) in [5.74, 6) is -2.10. The third-order valence-corrected chi connectivity index (χ3v) is 6.65. The number of phenolic OH excluding ortho intramolecular Hbond substituents is 1. The van der Waals surface area contributed by atoms with Crippen molar-refractivity contribution in [2.45, 2.75) is 83.7 Å². The summed E-state index contributed by atoms with van der Waals surface area (Å²) in [6.07, 6.45) is 7.14. The summed E-state index contributed by atoms with van der Waals surface area (Å²) in [5, 5.41) is 16.0. The summed E-state index contributed by atoms with van der Waals surface area (Å²) < 4.78 is 10.9. The van der Waals surface area contributed by atoms with Gasteiger partial charge < -0.3 is 25.2 Å². The van der Waals surface area contributed by atoms with E-state index in [4.69, 9.17) is 15.9 Å². The highest BCUT2D eigenvalue weighted by atomic mass is 32.2. The van der Waals surface area contributed by atoms with E-state index in [9.17, 15) is 24.3 Å². The first-order chi connectivity index (χ1) is 20.6. The zero-order valence-electron chi connectivity index (χ0n) is 26.4. The van der Waals surface area contributed by atoms with Gasteiger partial charge in [-0.3, -0.25) is 14.5 Å². The Morgan fingerprint density at radius 2 is 1.50 bits per heavy atom. The Morgan fingerprint density at radius 3 is 2.05 bits per heavy atom. The van der Waals surface area contributed by atoms with Crippen LogP contribution >= 0.6 is 11.8 Å². The van der Waals surface area contributed by atoms with Crippen LogP contribution in [0.3, 0.4) is 0 Å². The minimum Gasteiger partial charge on any atom is -0.508 e. The number of para-hydroxylation sites is 1. The lowest BCUT2D eigenvalue weighted by Gasteiger charge is -2.32. The molecule has 0 radical (unpaired) electrons. The van der Waals surface area contributed by atoms with Crippen LogP contribution in [0.15, 0.2) is 54.6 Å². The van der Waals surface area contributed by atoms with Crippen LogP contribution in [-0.2, 0) is 30.3 Å². The monoisotopic (exact) mass is 625 g/mol. The maximum Gasteiger partial charge on any atom is 0.408 e. The highest BCUT2D eigenvalue weighted by Gasteiger charge is 2.39. The van der Waals surface area contributed by atoms with Gasteiger partial charge in [-0.2, -0.15) is 11.8 Å². The van der Waals surface area contributed by atoms with Crippen molar-refractivity contribution in [3.8, 4) is 18.2 Å². The molecule has 0 aliphatic rings. The lowest BCUT2D eigenvalue weighted by atomic mass is 10.00. The summed E-state index contributed by atoms with van der Waals surface area (Å²) in [4.78, 5) is 54.8. The second-order valence-electron chi connectivity index (χ2n) is 12.1. The van der Waals surface area contributed by atoms with Gasteiger partial charge >= 0.3 is 12.1 Å². The highest BCUT2D eigenvalue weighted by Crippen LogP contribution is 2.30. The Kier molecular flexibility index (Phi) is 13.1. The largest absolute Gasteiger partial charge is 0.508 e. The van der Waals surface area contributed by atoms with E-state index in [0.717, 1.165) is 10.5 Å². The van der Waals surface area contributed by atoms with Gasteiger partial charge in [0.1, 0.15) is 29.0 Å². The van der Waals surface area contributed by atoms with E-state index in [1.807, 2.05) is 12.3 Å². The zero-order valence-corrected chi connectivity index (χ0v) is 27.2. The molecule has 3 amide bonds. The molecule has 3 N–H and O–H groups in total. The van der Waals surface area contributed by atoms with Crippen LogP contribution in [0.1, 0.15) is 65.1 Å². The van der Waals surface area contributed by atoms with Crippen LogP contribution < -0.4 is 10.6 Å². The molecule has 3 atom stereocenters. The Morgan fingerprint density at radius 1 is 0.909 bits per heavy atom. The average Bonchev–Trinajstić information content (AvgIpc) is 2.92. The second-order valence-corrected chi connectivity index (χ2v) is 13.0. The van der Waals surface area contributed by atoms with E-state index in [1.54, 1.807) is 77.9 Å². The number of aromatic hydroxyl groups is 1. The number of amides is 3. The van der Waals surface area contributed by atoms with Gasteiger partial charge in [-0.15, -0.1) is 0 Å². The summed E-state index contributed by atoms with van der Waals surface area (Å²) in [6.45, 7) is 10.2. The molecule has 0 heterocycles. The van der Waals surface area contributed by atoms with Gasteiger partial charge in [-0.25, -0.2) is 9.59 Å². The first kappa shape index (κ1) is 36.0. The predicted octanol–water partition coefficient (Wildman–Crippen LogP) is 4.57. The fourth-order valence-corrected chi connectivity index (χ4v) is 4.63. The minimum atomic E-state index is -1.56. The smallest absolute Gasteiger partial charge is 0.408 e. The van der Waals surface area contributed by atoms with Crippen molar-refractivity contribution in [2.24, 2.45) is 0 Å². The third-order valence-electron chi connectivity index (χ3n) is 6.00. The van der Waals surface area contributed by atoms with Crippen molar-refractivity contribution in [1.82, 2.24) is 15.5 Å². The number of carbonyl (C=O) groups is 4. The molecular weight excluding hydrogens is 582 g/mol. The zero-order chi connectivity index (χ0) is 33.1. The highest BCUT2D eigenvalue weighted by molar-refractivity contribution is 7.98. The number of ether oxygens (including phenoxy) is 2. The Hall–Kier alpha value is -4.17. The molecular formula is C33H43N3O7S. The molecule has 3 unspecified atom stereocenters. The number of carbonyl (C=O) groups excluding carboxylic acids is 4. The number of terminal acetylenes is 1. The third kappa shape index (κ3) is 11.5. The number of thioether (sulfide) groups is 1. The number of hydrogen-bond acceptors (Lipinski definition) is 8. The SMILES string of the molecule is C#CN(C(=O)C(CCSC)NC(=O)OC(C)(C)C)C(C(=O)NC(Cc1ccccc1)C(=O)OC(C)(C)C)c1ccccc1O. The molecule has 0 aliphatic heterocycles. The number of esters is 1. The quantitative estimate of drug-likeness (QED) is 0.178. The van der Waals surface area contributed by atoms with Crippen molar-refractivity contribution in [3.63, 3.8) is 0 Å². The van der Waals surface area contributed by atoms with E-state index in [1.165, 1.54) is 23.9 Å². The molecule has 2 rings (SSSR count). The van der Waals surface area contributed by atoms with Crippen molar-refractivity contribution < 1.29 is 33.8 Å². The summed E-state index contributed by atoms with van der Waals surface area (Å²) >= 11 is 1.45. The van der Waals surface area contributed by atoms with Gasteiger partial charge in [0.25, 0.3) is 5.91 Å². The fourth-order valence-electron chi connectivity index (χ4n) is 4.16. The molecule has 0 aromatic heterocycles. The molecule has 0 spiro atoms. The van der Waals surface area contributed by atoms with E-state index in [-0.39, 0.29) is 24.2 Å². The molecule has 238 valence electrons. The normalized spacial score (nSPS) is 13.4. The number of benzene rings is 2. The summed E-state index contributed by atoms with van der Waals surface area (Å²) in [7, 11) is 0. The van der Waals surface area contributed by atoms with Gasteiger partial charge in [-0.05, 0) is 71.6 Å². The van der Waals surface area contributed by atoms with Crippen molar-refractivity contribution in [2.75, 3.05) is 12.0 Å². The van der Waals surface area contributed by atoms with E-state index in [0.29, 0.717) is 5.75 Å². The maximum absolute atomic E-state index is 14.1. The molecule has 0 saturated carbocycles. The van der Waals surface area contributed by atoms with Crippen molar-refractivity contribution in [3.05, 3.63) is 65.7 Å². The van der Waals surface area contributed by atoms with Crippen LogP contribution in [0, 0.1) is 12.5 Å². The van der Waals surface area contributed by atoms with E-state index < -0.39 is 53.2 Å². The number of hydrogen-bond donors (Lipinski definition) is 3. The molecule has 0 aliphatic carbocycles. The summed E-state index contributed by atoms with van der Waals surface area (Å²) in [6, 6.07) is 13.4. The van der Waals surface area contributed by atoms with Crippen LogP contribution in [-0.4, -0.2) is 69.2 Å². The number of nitrogens with one attached hydrogen (secondary N) is 2. The maximum atomic E-state index is 14.1. The second kappa shape index (κ2) is 16.1. The number of alkyl carbamates (subject to hydrolysis) is 1. The number of phenols is 1. The first-order valence-electron chi connectivity index (χ1n) is 14.2. The van der Waals surface area contributed by atoms with E-state index >= 15 is 0 Å². The lowest BCUT2D eigenvalue weighted by molar-refractivity contribution is -0.159. The van der Waals surface area contributed by atoms with Crippen LogP contribution in [0.5, 0.6) is 5.75 Å². The molecule has 0 saturated heterocycles. The lowest BCUT2D eigenvalue weighted by Crippen LogP contribution is -2.53. The predicted molar refractivity (Wildman–Crippen MR) is 171 cm³/mol.